The van der Waals surface area contributed by atoms with E-state index in [4.69, 9.17) is 23.2 Å². The van der Waals surface area contributed by atoms with Gasteiger partial charge in [-0.1, -0.05) is 23.2 Å². The molecule has 0 atom stereocenters. The predicted molar refractivity (Wildman–Crippen MR) is 59.2 cm³/mol. The fourth-order valence-corrected chi connectivity index (χ4v) is 1.28. The van der Waals surface area contributed by atoms with Crippen molar-refractivity contribution in [2.24, 2.45) is 0 Å². The van der Waals surface area contributed by atoms with Crippen LogP contribution in [0.1, 0.15) is 13.8 Å². The van der Waals surface area contributed by atoms with Crippen molar-refractivity contribution in [2.75, 3.05) is 5.32 Å². The largest absolute Gasteiger partial charge is 1.00 e. The molecule has 0 aromatic heterocycles. The second-order valence-electron chi connectivity index (χ2n) is 3.67. The Morgan fingerprint density at radius 1 is 1.31 bits per heavy atom. The fourth-order valence-electron chi connectivity index (χ4n) is 0.986. The van der Waals surface area contributed by atoms with Gasteiger partial charge >= 0.3 is 18.9 Å². The minimum atomic E-state index is -1.19. The van der Waals surface area contributed by atoms with Crippen molar-refractivity contribution in [2.45, 2.75) is 19.4 Å². The zero-order chi connectivity index (χ0) is 11.6. The second-order valence-corrected chi connectivity index (χ2v) is 4.48. The zero-order valence-electron chi connectivity index (χ0n) is 9.30. The van der Waals surface area contributed by atoms with Crippen molar-refractivity contribution >= 4 is 34.9 Å². The summed E-state index contributed by atoms with van der Waals surface area (Å²) in [5.74, 6) is -1.19. The average molecular weight is 254 g/mol. The summed E-state index contributed by atoms with van der Waals surface area (Å²) in [5, 5.41) is 14.3. The van der Waals surface area contributed by atoms with E-state index in [2.05, 4.69) is 5.32 Å². The van der Waals surface area contributed by atoms with Crippen LogP contribution in [0.2, 0.25) is 10.0 Å². The molecule has 0 unspecified atom stereocenters. The molecular weight excluding hydrogens is 244 g/mol. The van der Waals surface area contributed by atoms with Crippen molar-refractivity contribution in [3.63, 3.8) is 0 Å². The Hall–Kier alpha value is -0.333. The number of hydrogen-bond donors (Lipinski definition) is 1. The second kappa shape index (κ2) is 5.84. The Morgan fingerprint density at radius 3 is 2.31 bits per heavy atom. The van der Waals surface area contributed by atoms with Crippen LogP contribution in [0.25, 0.3) is 0 Å². The molecule has 0 radical (unpaired) electrons. The van der Waals surface area contributed by atoms with Gasteiger partial charge in [-0.25, -0.2) is 0 Å². The molecule has 82 valence electrons. The quantitative estimate of drug-likeness (QED) is 0.699. The first-order valence-electron chi connectivity index (χ1n) is 4.27. The van der Waals surface area contributed by atoms with Gasteiger partial charge in [-0.15, -0.1) is 0 Å². The molecule has 6 heteroatoms. The van der Waals surface area contributed by atoms with E-state index in [9.17, 15) is 9.90 Å². The number of nitrogens with one attached hydrogen (secondary N) is 1. The molecule has 0 spiro atoms. The Kier molecular flexibility index (Phi) is 5.71. The molecule has 0 aliphatic heterocycles. The van der Waals surface area contributed by atoms with Crippen molar-refractivity contribution < 1.29 is 28.8 Å². The van der Waals surface area contributed by atoms with Crippen LogP contribution >= 0.6 is 23.2 Å². The summed E-state index contributed by atoms with van der Waals surface area (Å²) in [7, 11) is 0. The van der Waals surface area contributed by atoms with Gasteiger partial charge in [0.05, 0.1) is 21.6 Å². The molecule has 1 rings (SSSR count). The molecule has 0 amide bonds. The van der Waals surface area contributed by atoms with Gasteiger partial charge in [0.1, 0.15) is 0 Å². The topological polar surface area (TPSA) is 52.2 Å². The van der Waals surface area contributed by atoms with Gasteiger partial charge in [-0.2, -0.15) is 0 Å². The first-order valence-corrected chi connectivity index (χ1v) is 5.03. The number of aliphatic carboxylic acids is 1. The number of carbonyl (C=O) groups is 1. The van der Waals surface area contributed by atoms with Crippen molar-refractivity contribution in [3.05, 3.63) is 28.2 Å². The minimum absolute atomic E-state index is 0. The number of rotatable bonds is 3. The van der Waals surface area contributed by atoms with Crippen molar-refractivity contribution in [1.29, 1.82) is 0 Å². The normalized spacial score (nSPS) is 10.5. The molecule has 0 saturated heterocycles. The summed E-state index contributed by atoms with van der Waals surface area (Å²) >= 11 is 11.5. The fraction of sp³-hybridized carbons (Fsp3) is 0.300. The zero-order valence-corrected chi connectivity index (χ0v) is 10.8. The smallest absolute Gasteiger partial charge is 0.548 e. The molecular formula is C10H10Cl2LiNO2. The van der Waals surface area contributed by atoms with E-state index in [1.807, 2.05) is 0 Å². The Balaban J connectivity index is 0.00000225. The van der Waals surface area contributed by atoms with Gasteiger partial charge in [0.25, 0.3) is 0 Å². The molecule has 0 fully saturated rings. The summed E-state index contributed by atoms with van der Waals surface area (Å²) in [6.07, 6.45) is 0. The van der Waals surface area contributed by atoms with Crippen LogP contribution in [0.5, 0.6) is 0 Å². The molecule has 0 heterocycles. The summed E-state index contributed by atoms with van der Waals surface area (Å²) in [6.45, 7) is 3.01. The predicted octanol–water partition coefficient (Wildman–Crippen LogP) is -1.06. The van der Waals surface area contributed by atoms with Crippen LogP contribution in [0.3, 0.4) is 0 Å². The molecule has 1 aromatic carbocycles. The van der Waals surface area contributed by atoms with Gasteiger partial charge in [0.2, 0.25) is 0 Å². The number of benzene rings is 1. The van der Waals surface area contributed by atoms with E-state index in [1.54, 1.807) is 18.2 Å². The van der Waals surface area contributed by atoms with E-state index in [0.717, 1.165) is 0 Å². The number of halogens is 2. The van der Waals surface area contributed by atoms with Crippen LogP contribution < -0.4 is 29.3 Å². The van der Waals surface area contributed by atoms with E-state index < -0.39 is 11.5 Å². The van der Waals surface area contributed by atoms with Crippen molar-refractivity contribution in [3.8, 4) is 0 Å². The SMILES string of the molecule is CC(C)(Nc1ccc(Cl)c(Cl)c1)C(=O)[O-].[Li+]. The molecule has 0 aliphatic carbocycles. The maximum absolute atomic E-state index is 10.7. The van der Waals surface area contributed by atoms with Crippen LogP contribution in [0.4, 0.5) is 5.69 Å². The third-order valence-corrected chi connectivity index (χ3v) is 2.63. The van der Waals surface area contributed by atoms with E-state index in [0.29, 0.717) is 15.7 Å². The molecule has 16 heavy (non-hydrogen) atoms. The molecule has 0 bridgehead atoms. The third-order valence-electron chi connectivity index (χ3n) is 1.89. The molecule has 1 aromatic rings. The van der Waals surface area contributed by atoms with Crippen LogP contribution in [-0.2, 0) is 4.79 Å². The third kappa shape index (κ3) is 3.92. The van der Waals surface area contributed by atoms with Gasteiger partial charge in [-0.05, 0) is 32.0 Å². The number of carboxylic acids is 1. The maximum Gasteiger partial charge on any atom is 1.00 e. The summed E-state index contributed by atoms with van der Waals surface area (Å²) in [6, 6.07) is 4.81. The first-order chi connectivity index (χ1) is 6.83. The van der Waals surface area contributed by atoms with Crippen molar-refractivity contribution in [1.82, 2.24) is 0 Å². The Labute approximate surface area is 116 Å². The monoisotopic (exact) mass is 253 g/mol. The Bertz CT molecular complexity index is 396. The van der Waals surface area contributed by atoms with E-state index >= 15 is 0 Å². The minimum Gasteiger partial charge on any atom is -0.548 e. The summed E-state index contributed by atoms with van der Waals surface area (Å²) < 4.78 is 0. The van der Waals surface area contributed by atoms with Gasteiger partial charge in [-0.3, -0.25) is 0 Å². The van der Waals surface area contributed by atoms with E-state index in [1.165, 1.54) is 13.8 Å². The molecule has 1 N–H and O–H groups in total. The number of carbonyl (C=O) groups excluding carboxylic acids is 1. The standard InChI is InChI=1S/C10H11Cl2NO2.Li/c1-10(2,9(14)15)13-6-3-4-7(11)8(12)5-6;/h3-5,13H,1-2H3,(H,14,15);/q;+1/p-1. The maximum atomic E-state index is 10.7. The van der Waals surface area contributed by atoms with Gasteiger partial charge in [0, 0.05) is 5.69 Å². The summed E-state index contributed by atoms with van der Waals surface area (Å²) in [5.41, 5.74) is -0.574. The number of anilines is 1. The van der Waals surface area contributed by atoms with Crippen LogP contribution in [-0.4, -0.2) is 11.5 Å². The number of carboxylic acid groups (broad SMARTS) is 1. The van der Waals surface area contributed by atoms with Gasteiger partial charge in [0.15, 0.2) is 0 Å². The average Bonchev–Trinajstić information content (AvgIpc) is 2.10. The Morgan fingerprint density at radius 2 is 1.88 bits per heavy atom. The van der Waals surface area contributed by atoms with Crippen LogP contribution in [0.15, 0.2) is 18.2 Å². The molecule has 0 aliphatic rings. The van der Waals surface area contributed by atoms with E-state index in [-0.39, 0.29) is 18.9 Å². The van der Waals surface area contributed by atoms with Crippen LogP contribution in [0, 0.1) is 0 Å². The molecule has 0 saturated carbocycles. The summed E-state index contributed by atoms with van der Waals surface area (Å²) in [4.78, 5) is 10.7. The first kappa shape index (κ1) is 15.7. The molecule has 3 nitrogen and oxygen atoms in total. The van der Waals surface area contributed by atoms with Gasteiger partial charge < -0.3 is 15.2 Å². The number of hydrogen-bond acceptors (Lipinski definition) is 3.